The van der Waals surface area contributed by atoms with Gasteiger partial charge in [-0.3, -0.25) is 4.40 Å². The third-order valence-corrected chi connectivity index (χ3v) is 3.05. The van der Waals surface area contributed by atoms with E-state index in [1.54, 1.807) is 12.1 Å². The van der Waals surface area contributed by atoms with E-state index >= 15 is 0 Å². The Morgan fingerprint density at radius 3 is 2.59 bits per heavy atom. The van der Waals surface area contributed by atoms with Gasteiger partial charge in [0.15, 0.2) is 11.5 Å². The molecule has 7 heteroatoms. The van der Waals surface area contributed by atoms with Crippen LogP contribution in [0, 0.1) is 12.7 Å². The highest BCUT2D eigenvalue weighted by Gasteiger charge is 2.18. The molecule has 6 nitrogen and oxygen atoms in total. The highest BCUT2D eigenvalue weighted by molar-refractivity contribution is 5.91. The van der Waals surface area contributed by atoms with Crippen LogP contribution in [0.2, 0.25) is 0 Å². The summed E-state index contributed by atoms with van der Waals surface area (Å²) in [7, 11) is 0. The van der Waals surface area contributed by atoms with Gasteiger partial charge in [0.2, 0.25) is 0 Å². The quantitative estimate of drug-likeness (QED) is 0.745. The summed E-state index contributed by atoms with van der Waals surface area (Å²) in [5, 5.41) is 17.1. The maximum absolute atomic E-state index is 13.4. The molecule has 2 aromatic heterocycles. The number of azo groups is 1. The number of rotatable bonds is 3. The number of imidazole rings is 1. The zero-order chi connectivity index (χ0) is 15.7. The monoisotopic (exact) mass is 298 g/mol. The van der Waals surface area contributed by atoms with E-state index in [1.807, 2.05) is 19.1 Å². The molecule has 22 heavy (non-hydrogen) atoms. The second kappa shape index (κ2) is 5.36. The molecule has 0 radical (unpaired) electrons. The smallest absolute Gasteiger partial charge is 0.358 e. The van der Waals surface area contributed by atoms with Gasteiger partial charge in [0, 0.05) is 6.20 Å². The Hall–Kier alpha value is -3.09. The van der Waals surface area contributed by atoms with Gasteiger partial charge in [-0.25, -0.2) is 14.2 Å². The van der Waals surface area contributed by atoms with E-state index < -0.39 is 11.8 Å². The third-order valence-electron chi connectivity index (χ3n) is 3.05. The van der Waals surface area contributed by atoms with E-state index in [4.69, 9.17) is 0 Å². The first-order valence-electron chi connectivity index (χ1n) is 6.44. The van der Waals surface area contributed by atoms with Crippen LogP contribution >= 0.6 is 0 Å². The molecule has 110 valence electrons. The minimum absolute atomic E-state index is 0.0254. The molecule has 1 aromatic carbocycles. The number of carbonyl (C=O) groups is 1. The zero-order valence-corrected chi connectivity index (χ0v) is 11.6. The van der Waals surface area contributed by atoms with Gasteiger partial charge in [0.1, 0.15) is 11.5 Å². The van der Waals surface area contributed by atoms with E-state index in [9.17, 15) is 14.3 Å². The van der Waals surface area contributed by atoms with Crippen LogP contribution in [0.1, 0.15) is 16.1 Å². The lowest BCUT2D eigenvalue weighted by molar-refractivity contribution is 0.0692. The normalized spacial score (nSPS) is 11.4. The Balaban J connectivity index is 2.11. The van der Waals surface area contributed by atoms with Crippen molar-refractivity contribution >= 4 is 23.1 Å². The molecule has 0 bridgehead atoms. The number of carboxylic acid groups (broad SMARTS) is 1. The van der Waals surface area contributed by atoms with E-state index in [0.717, 1.165) is 11.8 Å². The fraction of sp³-hybridized carbons (Fsp3) is 0.0667. The fourth-order valence-electron chi connectivity index (χ4n) is 1.96. The number of pyridine rings is 1. The zero-order valence-electron chi connectivity index (χ0n) is 11.6. The molecule has 0 saturated heterocycles. The van der Waals surface area contributed by atoms with Crippen LogP contribution in [0.15, 0.2) is 52.8 Å². The highest BCUT2D eigenvalue weighted by Crippen LogP contribution is 2.24. The van der Waals surface area contributed by atoms with Crippen LogP contribution in [-0.2, 0) is 0 Å². The molecule has 3 aromatic rings. The topological polar surface area (TPSA) is 79.3 Å². The lowest BCUT2D eigenvalue weighted by atomic mass is 10.2. The molecule has 0 fully saturated rings. The van der Waals surface area contributed by atoms with Crippen molar-refractivity contribution in [1.82, 2.24) is 9.38 Å². The first kappa shape index (κ1) is 13.9. The highest BCUT2D eigenvalue weighted by atomic mass is 19.1. The van der Waals surface area contributed by atoms with Crippen molar-refractivity contribution in [3.05, 3.63) is 59.7 Å². The van der Waals surface area contributed by atoms with Crippen LogP contribution in [0.25, 0.3) is 5.65 Å². The SMILES string of the molecule is Cc1ccc(N=Nc2c(C(=O)O)nc3ccc(F)cn23)cc1. The predicted molar refractivity (Wildman–Crippen MR) is 77.5 cm³/mol. The Bertz CT molecular complexity index is 884. The molecule has 3 rings (SSSR count). The van der Waals surface area contributed by atoms with Gasteiger partial charge in [-0.1, -0.05) is 17.7 Å². The maximum atomic E-state index is 13.4. The van der Waals surface area contributed by atoms with Crippen molar-refractivity contribution < 1.29 is 14.3 Å². The van der Waals surface area contributed by atoms with Gasteiger partial charge in [-0.2, -0.15) is 0 Å². The molecule has 0 amide bonds. The fourth-order valence-corrected chi connectivity index (χ4v) is 1.96. The van der Waals surface area contributed by atoms with E-state index in [-0.39, 0.29) is 17.2 Å². The lowest BCUT2D eigenvalue weighted by Crippen LogP contribution is -1.96. The van der Waals surface area contributed by atoms with E-state index in [0.29, 0.717) is 5.69 Å². The number of hydrogen-bond acceptors (Lipinski definition) is 4. The Labute approximate surface area is 124 Å². The van der Waals surface area contributed by atoms with Crippen molar-refractivity contribution in [2.45, 2.75) is 6.92 Å². The van der Waals surface area contributed by atoms with Crippen molar-refractivity contribution in [3.8, 4) is 0 Å². The number of aromatic nitrogens is 2. The van der Waals surface area contributed by atoms with Gasteiger partial charge in [-0.05, 0) is 31.2 Å². The summed E-state index contributed by atoms with van der Waals surface area (Å²) in [6, 6.07) is 9.81. The molecule has 0 aliphatic rings. The second-order valence-corrected chi connectivity index (χ2v) is 4.70. The summed E-state index contributed by atoms with van der Waals surface area (Å²) in [6.07, 6.45) is 1.12. The molecular formula is C15H11FN4O2. The number of benzene rings is 1. The number of aromatic carboxylic acids is 1. The Morgan fingerprint density at radius 2 is 1.91 bits per heavy atom. The van der Waals surface area contributed by atoms with Gasteiger partial charge in [-0.15, -0.1) is 10.2 Å². The molecule has 0 atom stereocenters. The molecule has 0 aliphatic carbocycles. The number of halogens is 1. The van der Waals surface area contributed by atoms with Crippen LogP contribution in [-0.4, -0.2) is 20.5 Å². The number of hydrogen-bond donors (Lipinski definition) is 1. The summed E-state index contributed by atoms with van der Waals surface area (Å²) in [5.74, 6) is -1.79. The van der Waals surface area contributed by atoms with Crippen LogP contribution in [0.3, 0.4) is 0 Å². The Morgan fingerprint density at radius 1 is 1.18 bits per heavy atom. The van der Waals surface area contributed by atoms with Crippen molar-refractivity contribution in [2.24, 2.45) is 10.2 Å². The summed E-state index contributed by atoms with van der Waals surface area (Å²) < 4.78 is 14.6. The number of nitrogens with zero attached hydrogens (tertiary/aromatic N) is 4. The predicted octanol–water partition coefficient (Wildman–Crippen LogP) is 3.90. The molecular weight excluding hydrogens is 287 g/mol. The summed E-state index contributed by atoms with van der Waals surface area (Å²) >= 11 is 0. The number of fused-ring (bicyclic) bond motifs is 1. The van der Waals surface area contributed by atoms with E-state index in [1.165, 1.54) is 16.5 Å². The minimum Gasteiger partial charge on any atom is -0.476 e. The van der Waals surface area contributed by atoms with Crippen molar-refractivity contribution in [2.75, 3.05) is 0 Å². The molecule has 0 spiro atoms. The van der Waals surface area contributed by atoms with Crippen molar-refractivity contribution in [3.63, 3.8) is 0 Å². The van der Waals surface area contributed by atoms with Crippen LogP contribution in [0.4, 0.5) is 15.9 Å². The standard InChI is InChI=1S/C15H11FN4O2/c1-9-2-5-11(6-3-9)18-19-14-13(15(21)22)17-12-7-4-10(16)8-20(12)14/h2-8H,1H3,(H,21,22). The number of aryl methyl sites for hydroxylation is 1. The third kappa shape index (κ3) is 2.56. The molecule has 0 aliphatic heterocycles. The molecule has 2 heterocycles. The summed E-state index contributed by atoms with van der Waals surface area (Å²) in [5.41, 5.74) is 1.65. The van der Waals surface area contributed by atoms with Crippen molar-refractivity contribution in [1.29, 1.82) is 0 Å². The molecule has 0 unspecified atom stereocenters. The molecule has 0 saturated carbocycles. The largest absolute Gasteiger partial charge is 0.476 e. The van der Waals surface area contributed by atoms with Gasteiger partial charge in [0.25, 0.3) is 0 Å². The van der Waals surface area contributed by atoms with Crippen LogP contribution < -0.4 is 0 Å². The van der Waals surface area contributed by atoms with Crippen LogP contribution in [0.5, 0.6) is 0 Å². The van der Waals surface area contributed by atoms with Gasteiger partial charge >= 0.3 is 5.97 Å². The molecule has 1 N–H and O–H groups in total. The first-order valence-corrected chi connectivity index (χ1v) is 6.44. The van der Waals surface area contributed by atoms with Gasteiger partial charge in [0.05, 0.1) is 5.69 Å². The first-order chi connectivity index (χ1) is 10.5. The summed E-state index contributed by atoms with van der Waals surface area (Å²) in [4.78, 5) is 15.2. The number of carboxylic acids is 1. The lowest BCUT2D eigenvalue weighted by Gasteiger charge is -1.97. The second-order valence-electron chi connectivity index (χ2n) is 4.70. The Kier molecular flexibility index (Phi) is 3.38. The van der Waals surface area contributed by atoms with Gasteiger partial charge < -0.3 is 5.11 Å². The minimum atomic E-state index is -1.25. The average molecular weight is 298 g/mol. The maximum Gasteiger partial charge on any atom is 0.358 e. The summed E-state index contributed by atoms with van der Waals surface area (Å²) in [6.45, 7) is 1.94. The average Bonchev–Trinajstić information content (AvgIpc) is 2.85. The van der Waals surface area contributed by atoms with E-state index in [2.05, 4.69) is 15.2 Å².